The van der Waals surface area contributed by atoms with Crippen LogP contribution in [0.1, 0.15) is 44.1 Å². The van der Waals surface area contributed by atoms with Crippen LogP contribution in [-0.2, 0) is 11.3 Å². The Bertz CT molecular complexity index is 419. The maximum absolute atomic E-state index is 9.55. The fraction of sp³-hybridized carbons (Fsp3) is 0.714. The molecule has 0 bridgehead atoms. The van der Waals surface area contributed by atoms with Gasteiger partial charge in [-0.15, -0.1) is 0 Å². The van der Waals surface area contributed by atoms with E-state index in [2.05, 4.69) is 28.7 Å². The fourth-order valence-electron chi connectivity index (χ4n) is 2.14. The van der Waals surface area contributed by atoms with Gasteiger partial charge in [0.1, 0.15) is 5.82 Å². The highest BCUT2D eigenvalue weighted by molar-refractivity contribution is 5.51. The minimum atomic E-state index is -0.0478. The molecule has 0 radical (unpaired) electrons. The number of hydrogen-bond donors (Lipinski definition) is 1. The second-order valence-corrected chi connectivity index (χ2v) is 5.29. The fourth-order valence-corrected chi connectivity index (χ4v) is 2.14. The Balaban J connectivity index is 2.25. The van der Waals surface area contributed by atoms with Crippen molar-refractivity contribution >= 4 is 5.69 Å². The van der Waals surface area contributed by atoms with Crippen molar-refractivity contribution in [3.63, 3.8) is 0 Å². The van der Waals surface area contributed by atoms with E-state index in [9.17, 15) is 5.11 Å². The van der Waals surface area contributed by atoms with Gasteiger partial charge in [0.15, 0.2) is 0 Å². The quantitative estimate of drug-likeness (QED) is 0.813. The standard InChI is InChI=1S/C14H23N3O2/c1-10(2)14-15-8-13(12(9-18)16-14)17(6-7-19-3)11-4-5-11/h8,10-11,18H,4-7,9H2,1-3H3. The van der Waals surface area contributed by atoms with Gasteiger partial charge in [-0.3, -0.25) is 0 Å². The van der Waals surface area contributed by atoms with E-state index in [1.165, 1.54) is 12.8 Å². The van der Waals surface area contributed by atoms with Crippen molar-refractivity contribution in [2.75, 3.05) is 25.2 Å². The van der Waals surface area contributed by atoms with Crippen molar-refractivity contribution in [2.45, 2.75) is 45.3 Å². The molecule has 106 valence electrons. The van der Waals surface area contributed by atoms with Gasteiger partial charge >= 0.3 is 0 Å². The molecule has 0 aliphatic heterocycles. The second-order valence-electron chi connectivity index (χ2n) is 5.29. The van der Waals surface area contributed by atoms with Crippen LogP contribution in [0.15, 0.2) is 6.20 Å². The molecule has 5 heteroatoms. The molecule has 5 nitrogen and oxygen atoms in total. The predicted octanol–water partition coefficient (Wildman–Crippen LogP) is 1.71. The summed E-state index contributed by atoms with van der Waals surface area (Å²) in [5, 5.41) is 9.55. The smallest absolute Gasteiger partial charge is 0.131 e. The van der Waals surface area contributed by atoms with Crippen molar-refractivity contribution in [3.8, 4) is 0 Å². The number of nitrogens with zero attached hydrogens (tertiary/aromatic N) is 3. The number of aliphatic hydroxyl groups excluding tert-OH is 1. The molecular formula is C14H23N3O2. The number of aromatic nitrogens is 2. The summed E-state index contributed by atoms with van der Waals surface area (Å²) in [5.41, 5.74) is 1.67. The Morgan fingerprint density at radius 1 is 1.47 bits per heavy atom. The Morgan fingerprint density at radius 3 is 2.74 bits per heavy atom. The van der Waals surface area contributed by atoms with E-state index < -0.39 is 0 Å². The first-order valence-corrected chi connectivity index (χ1v) is 6.89. The topological polar surface area (TPSA) is 58.5 Å². The normalized spacial score (nSPS) is 15.0. The first kappa shape index (κ1) is 14.2. The van der Waals surface area contributed by atoms with Crippen LogP contribution in [0.3, 0.4) is 0 Å². The van der Waals surface area contributed by atoms with Crippen LogP contribution in [0.4, 0.5) is 5.69 Å². The van der Waals surface area contributed by atoms with Crippen LogP contribution in [0, 0.1) is 0 Å². The molecule has 1 fully saturated rings. The first-order chi connectivity index (χ1) is 9.17. The molecule has 0 atom stereocenters. The summed E-state index contributed by atoms with van der Waals surface area (Å²) in [4.78, 5) is 11.2. The van der Waals surface area contributed by atoms with Gasteiger partial charge in [0.05, 0.1) is 30.8 Å². The third kappa shape index (κ3) is 3.42. The van der Waals surface area contributed by atoms with Gasteiger partial charge in [-0.05, 0) is 12.8 Å². The molecule has 0 saturated heterocycles. The molecule has 0 unspecified atom stereocenters. The van der Waals surface area contributed by atoms with E-state index in [1.54, 1.807) is 7.11 Å². The molecule has 1 aliphatic carbocycles. The Kier molecular flexibility index (Phi) is 4.71. The summed E-state index contributed by atoms with van der Waals surface area (Å²) in [7, 11) is 1.70. The molecule has 1 saturated carbocycles. The molecule has 0 spiro atoms. The van der Waals surface area contributed by atoms with Gasteiger partial charge in [0.2, 0.25) is 0 Å². The lowest BCUT2D eigenvalue weighted by atomic mass is 10.2. The van der Waals surface area contributed by atoms with Crippen LogP contribution in [-0.4, -0.2) is 41.4 Å². The van der Waals surface area contributed by atoms with Gasteiger partial charge in [0.25, 0.3) is 0 Å². The Labute approximate surface area is 114 Å². The number of anilines is 1. The van der Waals surface area contributed by atoms with Gasteiger partial charge in [-0.25, -0.2) is 9.97 Å². The predicted molar refractivity (Wildman–Crippen MR) is 74.3 cm³/mol. The van der Waals surface area contributed by atoms with Gasteiger partial charge in [-0.2, -0.15) is 0 Å². The lowest BCUT2D eigenvalue weighted by Gasteiger charge is -2.26. The van der Waals surface area contributed by atoms with Crippen LogP contribution in [0.25, 0.3) is 0 Å². The SMILES string of the molecule is COCCN(c1cnc(C(C)C)nc1CO)C1CC1. The van der Waals surface area contributed by atoms with E-state index in [-0.39, 0.29) is 12.5 Å². The van der Waals surface area contributed by atoms with Crippen molar-refractivity contribution in [1.82, 2.24) is 9.97 Å². The van der Waals surface area contributed by atoms with Crippen molar-refractivity contribution < 1.29 is 9.84 Å². The van der Waals surface area contributed by atoms with E-state index in [1.807, 2.05) is 6.20 Å². The number of hydrogen-bond acceptors (Lipinski definition) is 5. The Morgan fingerprint density at radius 2 is 2.21 bits per heavy atom. The van der Waals surface area contributed by atoms with E-state index >= 15 is 0 Å². The largest absolute Gasteiger partial charge is 0.390 e. The molecule has 1 aliphatic rings. The van der Waals surface area contributed by atoms with E-state index in [4.69, 9.17) is 4.74 Å². The number of rotatable bonds is 7. The van der Waals surface area contributed by atoms with Gasteiger partial charge in [0, 0.05) is 25.6 Å². The molecule has 1 aromatic rings. The lowest BCUT2D eigenvalue weighted by molar-refractivity contribution is 0.204. The van der Waals surface area contributed by atoms with Gasteiger partial charge < -0.3 is 14.7 Å². The van der Waals surface area contributed by atoms with Crippen LogP contribution in [0.2, 0.25) is 0 Å². The lowest BCUT2D eigenvalue weighted by Crippen LogP contribution is -2.31. The monoisotopic (exact) mass is 265 g/mol. The number of methoxy groups -OCH3 is 1. The van der Waals surface area contributed by atoms with Crippen molar-refractivity contribution in [3.05, 3.63) is 17.7 Å². The molecule has 1 heterocycles. The molecule has 0 amide bonds. The zero-order chi connectivity index (χ0) is 13.8. The molecule has 0 aromatic carbocycles. The van der Waals surface area contributed by atoms with Crippen LogP contribution >= 0.6 is 0 Å². The minimum Gasteiger partial charge on any atom is -0.390 e. The first-order valence-electron chi connectivity index (χ1n) is 6.89. The Hall–Kier alpha value is -1.20. The van der Waals surface area contributed by atoms with E-state index in [0.29, 0.717) is 12.6 Å². The summed E-state index contributed by atoms with van der Waals surface area (Å²) in [6.07, 6.45) is 4.24. The minimum absolute atomic E-state index is 0.0478. The maximum atomic E-state index is 9.55. The van der Waals surface area contributed by atoms with Crippen LogP contribution in [0.5, 0.6) is 0 Å². The third-order valence-electron chi connectivity index (χ3n) is 3.36. The zero-order valence-electron chi connectivity index (χ0n) is 12.0. The van der Waals surface area contributed by atoms with Crippen molar-refractivity contribution in [1.29, 1.82) is 0 Å². The third-order valence-corrected chi connectivity index (χ3v) is 3.36. The average Bonchev–Trinajstić information content (AvgIpc) is 3.23. The molecular weight excluding hydrogens is 242 g/mol. The molecule has 1 N–H and O–H groups in total. The second kappa shape index (κ2) is 6.30. The molecule has 19 heavy (non-hydrogen) atoms. The zero-order valence-corrected chi connectivity index (χ0v) is 12.0. The van der Waals surface area contributed by atoms with Crippen molar-refractivity contribution in [2.24, 2.45) is 0 Å². The summed E-state index contributed by atoms with van der Waals surface area (Å²) < 4.78 is 5.16. The van der Waals surface area contributed by atoms with Gasteiger partial charge in [-0.1, -0.05) is 13.8 Å². The van der Waals surface area contributed by atoms with Crippen LogP contribution < -0.4 is 4.90 Å². The number of ether oxygens (including phenoxy) is 1. The van der Waals surface area contributed by atoms with E-state index in [0.717, 1.165) is 23.8 Å². The highest BCUT2D eigenvalue weighted by Crippen LogP contribution is 2.33. The molecule has 2 rings (SSSR count). The highest BCUT2D eigenvalue weighted by atomic mass is 16.5. The summed E-state index contributed by atoms with van der Waals surface area (Å²) in [6.45, 7) is 5.55. The molecule has 1 aromatic heterocycles. The summed E-state index contributed by atoms with van der Waals surface area (Å²) in [6, 6.07) is 0.550. The summed E-state index contributed by atoms with van der Waals surface area (Å²) in [5.74, 6) is 1.06. The number of aliphatic hydroxyl groups is 1. The summed E-state index contributed by atoms with van der Waals surface area (Å²) >= 11 is 0. The highest BCUT2D eigenvalue weighted by Gasteiger charge is 2.30. The maximum Gasteiger partial charge on any atom is 0.131 e. The average molecular weight is 265 g/mol.